The van der Waals surface area contributed by atoms with Crippen molar-refractivity contribution in [3.05, 3.63) is 47.4 Å². The van der Waals surface area contributed by atoms with Crippen LogP contribution >= 0.6 is 0 Å². The molecule has 0 radical (unpaired) electrons. The van der Waals surface area contributed by atoms with E-state index in [1.807, 2.05) is 27.4 Å². The molecule has 3 aliphatic rings. The van der Waals surface area contributed by atoms with Crippen LogP contribution in [0.3, 0.4) is 0 Å². The minimum absolute atomic E-state index is 0.00431. The van der Waals surface area contributed by atoms with Crippen molar-refractivity contribution in [1.29, 1.82) is 0 Å². The number of halogens is 3. The van der Waals surface area contributed by atoms with E-state index in [1.165, 1.54) is 16.5 Å². The molecule has 1 aromatic rings. The van der Waals surface area contributed by atoms with E-state index in [0.717, 1.165) is 18.5 Å². The molecule has 2 saturated heterocycles. The molecule has 2 aliphatic heterocycles. The third-order valence-electron chi connectivity index (χ3n) is 6.06. The number of amides is 2. The van der Waals surface area contributed by atoms with Crippen LogP contribution in [0.2, 0.25) is 0 Å². The first-order valence-electron chi connectivity index (χ1n) is 11.4. The summed E-state index contributed by atoms with van der Waals surface area (Å²) in [5, 5.41) is 3.89. The smallest absolute Gasteiger partial charge is 0.414 e. The molecule has 9 nitrogen and oxygen atoms in total. The van der Waals surface area contributed by atoms with Crippen molar-refractivity contribution in [1.82, 2.24) is 10.4 Å². The van der Waals surface area contributed by atoms with Gasteiger partial charge in [0.25, 0.3) is 5.91 Å². The van der Waals surface area contributed by atoms with Crippen molar-refractivity contribution in [3.63, 3.8) is 0 Å². The van der Waals surface area contributed by atoms with Crippen molar-refractivity contribution in [2.75, 3.05) is 55.7 Å². The van der Waals surface area contributed by atoms with Crippen molar-refractivity contribution in [3.8, 4) is 0 Å². The van der Waals surface area contributed by atoms with Crippen LogP contribution in [0, 0.1) is 5.82 Å². The number of alkyl halides is 2. The Morgan fingerprint density at radius 1 is 1.20 bits per heavy atom. The number of nitrogens with one attached hydrogen (secondary N) is 1. The van der Waals surface area contributed by atoms with Gasteiger partial charge in [0.15, 0.2) is 0 Å². The van der Waals surface area contributed by atoms with Crippen molar-refractivity contribution < 1.29 is 32.3 Å². The molecule has 190 valence electrons. The number of hydrogen-bond acceptors (Lipinski definition) is 7. The van der Waals surface area contributed by atoms with Gasteiger partial charge in [0.1, 0.15) is 11.9 Å². The highest BCUT2D eigenvalue weighted by molar-refractivity contribution is 5.90. The molecule has 2 amide bonds. The van der Waals surface area contributed by atoms with Crippen LogP contribution in [0.1, 0.15) is 12.8 Å². The van der Waals surface area contributed by atoms with Crippen molar-refractivity contribution in [2.24, 2.45) is 5.73 Å². The number of benzene rings is 1. The lowest BCUT2D eigenvalue weighted by Gasteiger charge is -2.24. The van der Waals surface area contributed by atoms with Crippen LogP contribution in [0.4, 0.5) is 29.3 Å². The molecule has 4 rings (SSSR count). The fourth-order valence-electron chi connectivity index (χ4n) is 4.16. The second-order valence-electron chi connectivity index (χ2n) is 8.55. The summed E-state index contributed by atoms with van der Waals surface area (Å²) < 4.78 is 44.8. The predicted octanol–water partition coefficient (Wildman–Crippen LogP) is 2.15. The van der Waals surface area contributed by atoms with Gasteiger partial charge in [-0.2, -0.15) is 13.8 Å². The van der Waals surface area contributed by atoms with Crippen molar-refractivity contribution >= 4 is 23.4 Å². The topological polar surface area (TPSA) is 100 Å². The minimum Gasteiger partial charge on any atom is -0.442 e. The number of carbonyl (C=O) groups excluding carboxylic acids is 2. The average Bonchev–Trinajstić information content (AvgIpc) is 3.05. The second-order valence-corrected chi connectivity index (χ2v) is 8.55. The molecule has 0 unspecified atom stereocenters. The highest BCUT2D eigenvalue weighted by atomic mass is 19.3. The summed E-state index contributed by atoms with van der Waals surface area (Å²) in [4.78, 5) is 32.2. The fourth-order valence-corrected chi connectivity index (χ4v) is 4.16. The first kappa shape index (κ1) is 24.9. The molecule has 0 spiro atoms. The maximum absolute atomic E-state index is 15.1. The Hall–Kier alpha value is -3.25. The summed E-state index contributed by atoms with van der Waals surface area (Å²) in [6.45, 7) is 2.45. The Kier molecular flexibility index (Phi) is 7.81. The predicted molar refractivity (Wildman–Crippen MR) is 122 cm³/mol. The lowest BCUT2D eigenvalue weighted by atomic mass is 10.0. The van der Waals surface area contributed by atoms with Crippen LogP contribution in [-0.2, 0) is 14.4 Å². The van der Waals surface area contributed by atoms with Crippen LogP contribution in [-0.4, -0.2) is 75.5 Å². The molecular formula is C23H28F3N5O4. The first-order valence-corrected chi connectivity index (χ1v) is 11.4. The third kappa shape index (κ3) is 6.25. The zero-order chi connectivity index (χ0) is 24.9. The summed E-state index contributed by atoms with van der Waals surface area (Å²) in [6.07, 6.45) is 0.956. The molecule has 1 aliphatic carbocycles. The largest absolute Gasteiger partial charge is 0.442 e. The Morgan fingerprint density at radius 3 is 2.74 bits per heavy atom. The molecule has 35 heavy (non-hydrogen) atoms. The van der Waals surface area contributed by atoms with Gasteiger partial charge in [0.2, 0.25) is 0 Å². The molecule has 12 heteroatoms. The van der Waals surface area contributed by atoms with E-state index < -0.39 is 30.3 Å². The SMILES string of the molecule is NC1=CC=C(CN2CCN(c3ccc(N4C[C@H](CNC(=O)C(F)F)OC4=O)cc3F)CCO2)CC1. The monoisotopic (exact) mass is 495 g/mol. The van der Waals surface area contributed by atoms with E-state index in [1.54, 1.807) is 12.1 Å². The molecule has 2 heterocycles. The maximum atomic E-state index is 15.1. The van der Waals surface area contributed by atoms with Gasteiger partial charge in [0, 0.05) is 31.9 Å². The van der Waals surface area contributed by atoms with Gasteiger partial charge in [-0.3, -0.25) is 14.5 Å². The normalized spacial score (nSPS) is 21.5. The van der Waals surface area contributed by atoms with Gasteiger partial charge >= 0.3 is 12.5 Å². The fraction of sp³-hybridized carbons (Fsp3) is 0.478. The van der Waals surface area contributed by atoms with Gasteiger partial charge in [-0.25, -0.2) is 9.18 Å². The first-order chi connectivity index (χ1) is 16.8. The molecule has 3 N–H and O–H groups in total. The van der Waals surface area contributed by atoms with E-state index in [2.05, 4.69) is 0 Å². The van der Waals surface area contributed by atoms with Gasteiger partial charge in [0.05, 0.1) is 31.1 Å². The summed E-state index contributed by atoms with van der Waals surface area (Å²) in [5.74, 6) is -1.94. The zero-order valence-electron chi connectivity index (χ0n) is 19.1. The number of cyclic esters (lactones) is 1. The Bertz CT molecular complexity index is 1020. The zero-order valence-corrected chi connectivity index (χ0v) is 19.1. The number of allylic oxidation sites excluding steroid dienone is 3. The molecule has 2 fully saturated rings. The van der Waals surface area contributed by atoms with Gasteiger partial charge in [-0.1, -0.05) is 11.6 Å². The van der Waals surface area contributed by atoms with Crippen LogP contribution in [0.5, 0.6) is 0 Å². The van der Waals surface area contributed by atoms with E-state index in [0.29, 0.717) is 38.5 Å². The molecule has 0 bridgehead atoms. The number of hydrogen-bond donors (Lipinski definition) is 2. The molecular weight excluding hydrogens is 467 g/mol. The van der Waals surface area contributed by atoms with E-state index in [-0.39, 0.29) is 18.8 Å². The van der Waals surface area contributed by atoms with Gasteiger partial charge in [-0.15, -0.1) is 0 Å². The highest BCUT2D eigenvalue weighted by Crippen LogP contribution is 2.28. The minimum atomic E-state index is -3.15. The number of anilines is 2. The summed E-state index contributed by atoms with van der Waals surface area (Å²) >= 11 is 0. The molecule has 0 saturated carbocycles. The lowest BCUT2D eigenvalue weighted by molar-refractivity contribution is -0.141. The second kappa shape index (κ2) is 11.0. The quantitative estimate of drug-likeness (QED) is 0.598. The summed E-state index contributed by atoms with van der Waals surface area (Å²) in [5.41, 5.74) is 8.58. The standard InChI is InChI=1S/C23H28F3N5O4/c24-19-11-17(31-14-18(35-23(31)33)12-28-22(32)21(25)26)5-6-20(19)29-7-8-30(34-10-9-29)13-15-1-3-16(27)4-2-15/h1,3,5-6,11,18,21H,2,4,7-10,12-14,27H2,(H,28,32)/t18-/m0/s1. The Labute approximate surface area is 200 Å². The number of ether oxygens (including phenoxy) is 1. The molecule has 1 aromatic carbocycles. The Morgan fingerprint density at radius 2 is 2.03 bits per heavy atom. The number of nitrogens with zero attached hydrogens (tertiary/aromatic N) is 3. The van der Waals surface area contributed by atoms with Crippen LogP contribution in [0.15, 0.2) is 41.6 Å². The molecule has 1 atom stereocenters. The number of nitrogens with two attached hydrogens (primary N) is 1. The average molecular weight is 496 g/mol. The van der Waals surface area contributed by atoms with Crippen LogP contribution in [0.25, 0.3) is 0 Å². The number of hydroxylamine groups is 2. The van der Waals surface area contributed by atoms with Gasteiger partial charge < -0.3 is 20.7 Å². The number of carbonyl (C=O) groups is 2. The highest BCUT2D eigenvalue weighted by Gasteiger charge is 2.33. The van der Waals surface area contributed by atoms with E-state index in [9.17, 15) is 18.4 Å². The van der Waals surface area contributed by atoms with E-state index in [4.69, 9.17) is 15.3 Å². The third-order valence-corrected chi connectivity index (χ3v) is 6.06. The maximum Gasteiger partial charge on any atom is 0.414 e. The van der Waals surface area contributed by atoms with Crippen LogP contribution < -0.4 is 20.9 Å². The lowest BCUT2D eigenvalue weighted by Crippen LogP contribution is -2.37. The number of rotatable bonds is 7. The summed E-state index contributed by atoms with van der Waals surface area (Å²) in [6, 6.07) is 4.44. The van der Waals surface area contributed by atoms with Crippen molar-refractivity contribution in [2.45, 2.75) is 25.4 Å². The molecule has 0 aromatic heterocycles. The summed E-state index contributed by atoms with van der Waals surface area (Å²) in [7, 11) is 0. The van der Waals surface area contributed by atoms with Gasteiger partial charge in [-0.05, 0) is 37.1 Å². The van der Waals surface area contributed by atoms with E-state index >= 15 is 4.39 Å². The Balaban J connectivity index is 1.34.